The van der Waals surface area contributed by atoms with Crippen LogP contribution in [0.1, 0.15) is 38.8 Å². The van der Waals surface area contributed by atoms with Crippen LogP contribution < -0.4 is 0 Å². The van der Waals surface area contributed by atoms with Gasteiger partial charge in [-0.05, 0) is 18.6 Å². The van der Waals surface area contributed by atoms with Gasteiger partial charge in [0, 0.05) is 30.0 Å². The van der Waals surface area contributed by atoms with Crippen LogP contribution in [0.2, 0.25) is 0 Å². The first-order chi connectivity index (χ1) is 10.3. The molecule has 116 valence electrons. The number of allylic oxidation sites excluding steroid dienone is 2. The monoisotopic (exact) mass is 304 g/mol. The highest BCUT2D eigenvalue weighted by Gasteiger charge is 2.40. The predicted molar refractivity (Wildman–Crippen MR) is 75.9 cm³/mol. The SMILES string of the molecule is COC1=CC(=O)c2cc3c(c(O)c2C1=O)C[C@](C)(O)[C@H](O)C3. The third-order valence-electron chi connectivity index (χ3n) is 4.36. The second kappa shape index (κ2) is 4.66. The van der Waals surface area contributed by atoms with E-state index in [0.29, 0.717) is 11.1 Å². The van der Waals surface area contributed by atoms with E-state index in [1.807, 2.05) is 0 Å². The van der Waals surface area contributed by atoms with Crippen molar-refractivity contribution in [3.05, 3.63) is 40.2 Å². The number of methoxy groups -OCH3 is 1. The fourth-order valence-corrected chi connectivity index (χ4v) is 3.01. The number of benzene rings is 1. The molecule has 6 nitrogen and oxygen atoms in total. The van der Waals surface area contributed by atoms with Gasteiger partial charge in [0.1, 0.15) is 5.75 Å². The van der Waals surface area contributed by atoms with E-state index in [1.54, 1.807) is 0 Å². The number of aliphatic hydroxyl groups excluding tert-OH is 1. The molecule has 1 aromatic rings. The Balaban J connectivity index is 2.22. The Bertz CT molecular complexity index is 729. The fourth-order valence-electron chi connectivity index (χ4n) is 3.01. The van der Waals surface area contributed by atoms with Gasteiger partial charge in [0.25, 0.3) is 0 Å². The molecule has 3 N–H and O–H groups in total. The molecule has 2 atom stereocenters. The number of carbonyl (C=O) groups excluding carboxylic acids is 2. The lowest BCUT2D eigenvalue weighted by molar-refractivity contribution is -0.0665. The molecule has 0 bridgehead atoms. The Morgan fingerprint density at radius 2 is 2.05 bits per heavy atom. The Labute approximate surface area is 126 Å². The molecule has 0 aromatic heterocycles. The van der Waals surface area contributed by atoms with E-state index < -0.39 is 23.3 Å². The summed E-state index contributed by atoms with van der Waals surface area (Å²) in [7, 11) is 1.28. The Kier molecular flexibility index (Phi) is 3.12. The van der Waals surface area contributed by atoms with Crippen molar-refractivity contribution in [3.63, 3.8) is 0 Å². The van der Waals surface area contributed by atoms with Crippen LogP contribution in [0.15, 0.2) is 17.9 Å². The molecule has 0 amide bonds. The molecule has 0 saturated heterocycles. The van der Waals surface area contributed by atoms with E-state index in [2.05, 4.69) is 0 Å². The number of aromatic hydroxyl groups is 1. The van der Waals surface area contributed by atoms with Crippen LogP contribution in [0.25, 0.3) is 0 Å². The smallest absolute Gasteiger partial charge is 0.232 e. The van der Waals surface area contributed by atoms with Crippen molar-refractivity contribution in [2.75, 3.05) is 7.11 Å². The van der Waals surface area contributed by atoms with Gasteiger partial charge in [-0.1, -0.05) is 0 Å². The molecule has 0 aliphatic heterocycles. The lowest BCUT2D eigenvalue weighted by Gasteiger charge is -2.36. The number of phenols is 1. The van der Waals surface area contributed by atoms with Crippen LogP contribution in [0.4, 0.5) is 0 Å². The number of ketones is 2. The molecule has 0 fully saturated rings. The summed E-state index contributed by atoms with van der Waals surface area (Å²) in [6.07, 6.45) is 0.185. The maximum Gasteiger partial charge on any atom is 0.232 e. The summed E-state index contributed by atoms with van der Waals surface area (Å²) >= 11 is 0. The number of rotatable bonds is 1. The molecule has 0 spiro atoms. The number of phenolic OH excluding ortho intramolecular Hbond substituents is 1. The van der Waals surface area contributed by atoms with E-state index in [1.165, 1.54) is 20.1 Å². The summed E-state index contributed by atoms with van der Waals surface area (Å²) in [5.74, 6) is -1.45. The number of aliphatic hydroxyl groups is 2. The van der Waals surface area contributed by atoms with E-state index in [4.69, 9.17) is 4.74 Å². The molecule has 1 aromatic carbocycles. The van der Waals surface area contributed by atoms with Gasteiger partial charge in [-0.15, -0.1) is 0 Å². The largest absolute Gasteiger partial charge is 0.507 e. The summed E-state index contributed by atoms with van der Waals surface area (Å²) < 4.78 is 4.88. The molecule has 6 heteroatoms. The molecule has 22 heavy (non-hydrogen) atoms. The van der Waals surface area contributed by atoms with Crippen LogP contribution >= 0.6 is 0 Å². The fraction of sp³-hybridized carbons (Fsp3) is 0.375. The Morgan fingerprint density at radius 3 is 2.68 bits per heavy atom. The molecule has 3 rings (SSSR count). The maximum absolute atomic E-state index is 12.3. The van der Waals surface area contributed by atoms with Gasteiger partial charge in [0.15, 0.2) is 11.5 Å². The number of hydrogen-bond acceptors (Lipinski definition) is 6. The van der Waals surface area contributed by atoms with Crippen LogP contribution in [-0.2, 0) is 17.6 Å². The minimum absolute atomic E-state index is 0.00386. The first kappa shape index (κ1) is 14.7. The number of carbonyl (C=O) groups is 2. The number of fused-ring (bicyclic) bond motifs is 2. The van der Waals surface area contributed by atoms with Gasteiger partial charge in [0.05, 0.1) is 24.4 Å². The van der Waals surface area contributed by atoms with Gasteiger partial charge in [0.2, 0.25) is 5.78 Å². The summed E-state index contributed by atoms with van der Waals surface area (Å²) in [6, 6.07) is 1.51. The standard InChI is InChI=1S/C16H16O6/c1-16(21)6-9-7(4-12(16)18)3-8-10(17)5-11(22-2)15(20)13(8)14(9)19/h3,5,12,18-19,21H,4,6H2,1-2H3/t12-,16+/m1/s1. The normalized spacial score (nSPS) is 27.1. The highest BCUT2D eigenvalue weighted by atomic mass is 16.5. The minimum Gasteiger partial charge on any atom is -0.507 e. The topological polar surface area (TPSA) is 104 Å². The zero-order chi connectivity index (χ0) is 16.2. The Morgan fingerprint density at radius 1 is 1.36 bits per heavy atom. The van der Waals surface area contributed by atoms with Crippen LogP contribution in [0.3, 0.4) is 0 Å². The van der Waals surface area contributed by atoms with Crippen molar-refractivity contribution in [1.82, 2.24) is 0 Å². The van der Waals surface area contributed by atoms with Gasteiger partial charge in [-0.3, -0.25) is 9.59 Å². The van der Waals surface area contributed by atoms with Gasteiger partial charge in [-0.2, -0.15) is 0 Å². The molecular weight excluding hydrogens is 288 g/mol. The molecule has 0 unspecified atom stereocenters. The average Bonchev–Trinajstić information content (AvgIpc) is 2.45. The van der Waals surface area contributed by atoms with E-state index in [9.17, 15) is 24.9 Å². The Hall–Kier alpha value is -2.18. The zero-order valence-electron chi connectivity index (χ0n) is 12.2. The third-order valence-corrected chi connectivity index (χ3v) is 4.36. The van der Waals surface area contributed by atoms with Crippen LogP contribution in [-0.4, -0.2) is 45.7 Å². The van der Waals surface area contributed by atoms with E-state index in [-0.39, 0.29) is 35.5 Å². The summed E-state index contributed by atoms with van der Waals surface area (Å²) in [6.45, 7) is 1.47. The van der Waals surface area contributed by atoms with Crippen molar-refractivity contribution in [2.45, 2.75) is 31.5 Å². The van der Waals surface area contributed by atoms with E-state index >= 15 is 0 Å². The van der Waals surface area contributed by atoms with Gasteiger partial charge >= 0.3 is 0 Å². The lowest BCUT2D eigenvalue weighted by Crippen LogP contribution is -2.46. The summed E-state index contributed by atoms with van der Waals surface area (Å²) in [5.41, 5.74) is -0.468. The first-order valence-electron chi connectivity index (χ1n) is 6.89. The zero-order valence-corrected chi connectivity index (χ0v) is 12.2. The van der Waals surface area contributed by atoms with Crippen molar-refractivity contribution in [1.29, 1.82) is 0 Å². The molecule has 0 radical (unpaired) electrons. The van der Waals surface area contributed by atoms with Gasteiger partial charge in [-0.25, -0.2) is 0 Å². The van der Waals surface area contributed by atoms with Crippen molar-refractivity contribution in [3.8, 4) is 5.75 Å². The quantitative estimate of drug-likeness (QED) is 0.698. The van der Waals surface area contributed by atoms with Crippen molar-refractivity contribution in [2.24, 2.45) is 0 Å². The lowest BCUT2D eigenvalue weighted by atomic mass is 9.76. The first-order valence-corrected chi connectivity index (χ1v) is 6.89. The molecule has 0 heterocycles. The average molecular weight is 304 g/mol. The van der Waals surface area contributed by atoms with Crippen LogP contribution in [0.5, 0.6) is 5.75 Å². The van der Waals surface area contributed by atoms with Crippen LogP contribution in [0, 0.1) is 0 Å². The maximum atomic E-state index is 12.3. The van der Waals surface area contributed by atoms with Crippen molar-refractivity contribution < 1.29 is 29.6 Å². The van der Waals surface area contributed by atoms with Gasteiger partial charge < -0.3 is 20.1 Å². The predicted octanol–water partition coefficient (Wildman–Crippen LogP) is 0.512. The molecule has 0 saturated carbocycles. The molecule has 2 aliphatic rings. The summed E-state index contributed by atoms with van der Waals surface area (Å²) in [4.78, 5) is 24.4. The highest BCUT2D eigenvalue weighted by molar-refractivity contribution is 6.25. The van der Waals surface area contributed by atoms with E-state index in [0.717, 1.165) is 6.08 Å². The molecule has 2 aliphatic carbocycles. The molecular formula is C16H16O6. The van der Waals surface area contributed by atoms with Crippen molar-refractivity contribution >= 4 is 11.6 Å². The highest BCUT2D eigenvalue weighted by Crippen LogP contribution is 2.40. The number of hydrogen-bond donors (Lipinski definition) is 3. The number of ether oxygens (including phenoxy) is 1. The second-order valence-electron chi connectivity index (χ2n) is 5.95. The number of Topliss-reactive ketones (excluding diaryl/α,β-unsaturated/α-hetero) is 1. The third kappa shape index (κ3) is 1.95. The minimum atomic E-state index is -1.40. The second-order valence-corrected chi connectivity index (χ2v) is 5.95. The summed E-state index contributed by atoms with van der Waals surface area (Å²) in [5, 5.41) is 30.6.